The van der Waals surface area contributed by atoms with Crippen LogP contribution in [-0.4, -0.2) is 23.7 Å². The summed E-state index contributed by atoms with van der Waals surface area (Å²) in [6.45, 7) is 4.83. The highest BCUT2D eigenvalue weighted by atomic mass is 19.4. The SMILES string of the molecule is CC(C)(C)OC(=O)N[C@H](CC(=O)[O-])Cc1ccccc1C(F)(F)F. The van der Waals surface area contributed by atoms with Crippen LogP contribution in [0.2, 0.25) is 0 Å². The highest BCUT2D eigenvalue weighted by Crippen LogP contribution is 2.32. The molecule has 0 bridgehead atoms. The number of hydrogen-bond donors (Lipinski definition) is 1. The van der Waals surface area contributed by atoms with Gasteiger partial charge in [0.05, 0.1) is 5.56 Å². The number of hydrogen-bond acceptors (Lipinski definition) is 4. The summed E-state index contributed by atoms with van der Waals surface area (Å²) in [6.07, 6.45) is -6.43. The first-order chi connectivity index (χ1) is 10.9. The maximum absolute atomic E-state index is 13.0. The van der Waals surface area contributed by atoms with Crippen LogP contribution in [0, 0.1) is 0 Å². The molecule has 1 N–H and O–H groups in total. The van der Waals surface area contributed by atoms with E-state index in [-0.39, 0.29) is 12.0 Å². The number of rotatable bonds is 5. The maximum Gasteiger partial charge on any atom is 0.416 e. The molecule has 1 aromatic rings. The molecule has 0 aromatic heterocycles. The minimum Gasteiger partial charge on any atom is -0.550 e. The van der Waals surface area contributed by atoms with Crippen molar-refractivity contribution in [2.75, 3.05) is 0 Å². The number of carboxylic acids is 1. The van der Waals surface area contributed by atoms with Crippen molar-refractivity contribution in [2.24, 2.45) is 0 Å². The van der Waals surface area contributed by atoms with Crippen LogP contribution in [0.3, 0.4) is 0 Å². The second-order valence-electron chi connectivity index (χ2n) is 6.28. The van der Waals surface area contributed by atoms with Crippen LogP contribution in [0.5, 0.6) is 0 Å². The topological polar surface area (TPSA) is 78.5 Å². The molecule has 1 rings (SSSR count). The standard InChI is InChI=1S/C16H20F3NO4/c1-15(2,3)24-14(23)20-11(9-13(21)22)8-10-6-4-5-7-12(10)16(17,18)19/h4-7,11H,8-9H2,1-3H3,(H,20,23)(H,21,22)/p-1/t11-/m0/s1. The van der Waals surface area contributed by atoms with Gasteiger partial charge in [0.25, 0.3) is 0 Å². The molecule has 0 fully saturated rings. The van der Waals surface area contributed by atoms with E-state index in [1.165, 1.54) is 18.2 Å². The Morgan fingerprint density at radius 3 is 2.29 bits per heavy atom. The molecule has 0 aliphatic rings. The molecule has 24 heavy (non-hydrogen) atoms. The summed E-state index contributed by atoms with van der Waals surface area (Å²) in [5, 5.41) is 13.1. The first-order valence-corrected chi connectivity index (χ1v) is 7.23. The molecule has 0 heterocycles. The van der Waals surface area contributed by atoms with Gasteiger partial charge in [-0.15, -0.1) is 0 Å². The van der Waals surface area contributed by atoms with Gasteiger partial charge in [-0.1, -0.05) is 18.2 Å². The van der Waals surface area contributed by atoms with Gasteiger partial charge in [-0.25, -0.2) is 4.79 Å². The average molecular weight is 346 g/mol. The highest BCUT2D eigenvalue weighted by Gasteiger charge is 2.33. The van der Waals surface area contributed by atoms with E-state index < -0.39 is 41.9 Å². The lowest BCUT2D eigenvalue weighted by Gasteiger charge is -2.24. The van der Waals surface area contributed by atoms with Gasteiger partial charge < -0.3 is 20.0 Å². The number of halogens is 3. The summed E-state index contributed by atoms with van der Waals surface area (Å²) >= 11 is 0. The number of nitrogens with one attached hydrogen (secondary N) is 1. The second kappa shape index (κ2) is 7.55. The Kier molecular flexibility index (Phi) is 6.22. The number of carbonyl (C=O) groups excluding carboxylic acids is 2. The monoisotopic (exact) mass is 346 g/mol. The van der Waals surface area contributed by atoms with E-state index in [2.05, 4.69) is 5.32 Å². The lowest BCUT2D eigenvalue weighted by molar-refractivity contribution is -0.306. The van der Waals surface area contributed by atoms with Crippen LogP contribution >= 0.6 is 0 Å². The number of benzene rings is 1. The van der Waals surface area contributed by atoms with Crippen molar-refractivity contribution in [1.29, 1.82) is 0 Å². The fraction of sp³-hybridized carbons (Fsp3) is 0.500. The van der Waals surface area contributed by atoms with Crippen molar-refractivity contribution in [3.8, 4) is 0 Å². The van der Waals surface area contributed by atoms with Gasteiger partial charge in [0.15, 0.2) is 0 Å². The predicted octanol–water partition coefficient (Wildman–Crippen LogP) is 2.28. The van der Waals surface area contributed by atoms with Crippen LogP contribution in [0.15, 0.2) is 24.3 Å². The number of ether oxygens (including phenoxy) is 1. The zero-order valence-electron chi connectivity index (χ0n) is 13.6. The number of alkyl carbamates (subject to hydrolysis) is 1. The molecule has 0 aliphatic heterocycles. The van der Waals surface area contributed by atoms with E-state index in [4.69, 9.17) is 4.74 Å². The molecule has 0 unspecified atom stereocenters. The van der Waals surface area contributed by atoms with Gasteiger partial charge in [0.1, 0.15) is 5.60 Å². The van der Waals surface area contributed by atoms with Gasteiger partial charge in [0.2, 0.25) is 0 Å². The zero-order valence-corrected chi connectivity index (χ0v) is 13.6. The molecule has 0 saturated carbocycles. The average Bonchev–Trinajstić information content (AvgIpc) is 2.34. The van der Waals surface area contributed by atoms with Gasteiger partial charge in [-0.3, -0.25) is 0 Å². The molecule has 0 spiro atoms. The van der Waals surface area contributed by atoms with Gasteiger partial charge in [0, 0.05) is 18.4 Å². The van der Waals surface area contributed by atoms with Crippen molar-refractivity contribution in [3.63, 3.8) is 0 Å². The molecule has 1 amide bonds. The largest absolute Gasteiger partial charge is 0.550 e. The van der Waals surface area contributed by atoms with Crippen LogP contribution in [0.1, 0.15) is 38.3 Å². The van der Waals surface area contributed by atoms with Gasteiger partial charge in [-0.2, -0.15) is 13.2 Å². The quantitative estimate of drug-likeness (QED) is 0.887. The molecule has 1 atom stereocenters. The Labute approximate surface area is 137 Å². The van der Waals surface area contributed by atoms with Crippen LogP contribution in [0.4, 0.5) is 18.0 Å². The van der Waals surface area contributed by atoms with E-state index >= 15 is 0 Å². The molecule has 134 valence electrons. The predicted molar refractivity (Wildman–Crippen MR) is 77.9 cm³/mol. The zero-order chi connectivity index (χ0) is 18.5. The summed E-state index contributed by atoms with van der Waals surface area (Å²) < 4.78 is 44.0. The van der Waals surface area contributed by atoms with Crippen molar-refractivity contribution < 1.29 is 32.6 Å². The number of carboxylic acid groups (broad SMARTS) is 1. The Morgan fingerprint density at radius 1 is 1.21 bits per heavy atom. The Bertz CT molecular complexity index is 594. The van der Waals surface area contributed by atoms with Crippen LogP contribution in [-0.2, 0) is 22.1 Å². The number of carbonyl (C=O) groups is 2. The Morgan fingerprint density at radius 2 is 1.79 bits per heavy atom. The Hall–Kier alpha value is -2.25. The maximum atomic E-state index is 13.0. The van der Waals surface area contributed by atoms with Gasteiger partial charge in [-0.05, 0) is 38.8 Å². The fourth-order valence-corrected chi connectivity index (χ4v) is 2.09. The summed E-state index contributed by atoms with van der Waals surface area (Å²) in [5.74, 6) is -1.49. The minimum atomic E-state index is -4.57. The normalized spacial score (nSPS) is 13.2. The smallest absolute Gasteiger partial charge is 0.416 e. The number of amides is 1. The van der Waals surface area contributed by atoms with Gasteiger partial charge >= 0.3 is 12.3 Å². The highest BCUT2D eigenvalue weighted by molar-refractivity contribution is 5.70. The molecular weight excluding hydrogens is 327 g/mol. The minimum absolute atomic E-state index is 0.118. The number of aliphatic carboxylic acids is 1. The van der Waals surface area contributed by atoms with Crippen molar-refractivity contribution in [3.05, 3.63) is 35.4 Å². The first kappa shape index (κ1) is 19.8. The van der Waals surface area contributed by atoms with Crippen molar-refractivity contribution in [2.45, 2.75) is 51.4 Å². The van der Waals surface area contributed by atoms with Crippen LogP contribution < -0.4 is 10.4 Å². The van der Waals surface area contributed by atoms with E-state index in [1.807, 2.05) is 0 Å². The second-order valence-corrected chi connectivity index (χ2v) is 6.28. The molecule has 0 radical (unpaired) electrons. The molecule has 5 nitrogen and oxygen atoms in total. The summed E-state index contributed by atoms with van der Waals surface area (Å²) in [5.41, 5.74) is -1.81. The lowest BCUT2D eigenvalue weighted by Crippen LogP contribution is -2.43. The van der Waals surface area contributed by atoms with Crippen LogP contribution in [0.25, 0.3) is 0 Å². The fourth-order valence-electron chi connectivity index (χ4n) is 2.09. The summed E-state index contributed by atoms with van der Waals surface area (Å²) in [7, 11) is 0. The Balaban J connectivity index is 2.95. The van der Waals surface area contributed by atoms with E-state index in [0.29, 0.717) is 0 Å². The van der Waals surface area contributed by atoms with E-state index in [1.54, 1.807) is 20.8 Å². The molecule has 0 aliphatic carbocycles. The number of alkyl halides is 3. The molecular formula is C16H19F3NO4-. The van der Waals surface area contributed by atoms with E-state index in [0.717, 1.165) is 6.07 Å². The molecule has 8 heteroatoms. The third-order valence-electron chi connectivity index (χ3n) is 2.92. The first-order valence-electron chi connectivity index (χ1n) is 7.23. The van der Waals surface area contributed by atoms with Crippen molar-refractivity contribution in [1.82, 2.24) is 5.32 Å². The third kappa shape index (κ3) is 6.89. The van der Waals surface area contributed by atoms with E-state index in [9.17, 15) is 27.9 Å². The third-order valence-corrected chi connectivity index (χ3v) is 2.92. The van der Waals surface area contributed by atoms with Crippen molar-refractivity contribution >= 4 is 12.1 Å². The lowest BCUT2D eigenvalue weighted by atomic mass is 9.98. The molecule has 1 aromatic carbocycles. The molecule has 0 saturated heterocycles. The summed E-state index contributed by atoms with van der Waals surface area (Å²) in [6, 6.07) is 3.70. The summed E-state index contributed by atoms with van der Waals surface area (Å²) in [4.78, 5) is 22.6.